The average Bonchev–Trinajstić information content (AvgIpc) is 3.13. The standard InChI is InChI=1S/C19H16N6.H2/c1-12-5-3-6-14(9-12)18-23-19(25-24-18)17-13(2)21-11-16(22-17)15-7-4-8-20-10-15;/h3-11H,1-2H3,(H,23,24,25);1H. The van der Waals surface area contributed by atoms with Crippen LogP contribution in [-0.4, -0.2) is 30.1 Å². The van der Waals surface area contributed by atoms with Crippen LogP contribution < -0.4 is 0 Å². The fraction of sp³-hybridized carbons (Fsp3) is 0.105. The number of nitrogens with zero attached hydrogens (tertiary/aromatic N) is 5. The van der Waals surface area contributed by atoms with E-state index in [1.54, 1.807) is 18.6 Å². The Balaban J connectivity index is 0.00000196. The zero-order valence-corrected chi connectivity index (χ0v) is 13.9. The van der Waals surface area contributed by atoms with Gasteiger partial charge in [0.05, 0.1) is 17.6 Å². The van der Waals surface area contributed by atoms with E-state index < -0.39 is 0 Å². The van der Waals surface area contributed by atoms with E-state index in [2.05, 4.69) is 31.2 Å². The summed E-state index contributed by atoms with van der Waals surface area (Å²) in [5.41, 5.74) is 5.28. The molecule has 0 aliphatic carbocycles. The Kier molecular flexibility index (Phi) is 3.78. The van der Waals surface area contributed by atoms with Gasteiger partial charge in [-0.15, -0.1) is 0 Å². The van der Waals surface area contributed by atoms with Crippen molar-refractivity contribution in [1.82, 2.24) is 30.1 Å². The highest BCUT2D eigenvalue weighted by Gasteiger charge is 2.13. The number of H-pyrrole nitrogens is 1. The molecular formula is C19H18N6. The lowest BCUT2D eigenvalue weighted by Crippen LogP contribution is -1.96. The minimum Gasteiger partial charge on any atom is -0.264 e. The number of hydrogen-bond acceptors (Lipinski definition) is 5. The molecule has 0 saturated carbocycles. The van der Waals surface area contributed by atoms with Crippen molar-refractivity contribution in [3.63, 3.8) is 0 Å². The molecule has 0 bridgehead atoms. The first-order valence-corrected chi connectivity index (χ1v) is 7.94. The van der Waals surface area contributed by atoms with Gasteiger partial charge in [-0.1, -0.05) is 23.8 Å². The first kappa shape index (κ1) is 15.1. The van der Waals surface area contributed by atoms with Gasteiger partial charge in [0.2, 0.25) is 0 Å². The molecule has 6 nitrogen and oxygen atoms in total. The van der Waals surface area contributed by atoms with Crippen LogP contribution in [0.25, 0.3) is 34.2 Å². The Hall–Kier alpha value is -3.41. The van der Waals surface area contributed by atoms with Gasteiger partial charge in [0.25, 0.3) is 0 Å². The number of hydrogen-bond donors (Lipinski definition) is 1. The summed E-state index contributed by atoms with van der Waals surface area (Å²) in [7, 11) is 0. The Bertz CT molecular complexity index is 1030. The molecule has 124 valence electrons. The number of pyridine rings is 1. The second-order valence-electron chi connectivity index (χ2n) is 5.81. The van der Waals surface area contributed by atoms with Crippen LogP contribution in [0.3, 0.4) is 0 Å². The summed E-state index contributed by atoms with van der Waals surface area (Å²) in [5, 5.41) is 7.31. The van der Waals surface area contributed by atoms with Gasteiger partial charge in [0, 0.05) is 24.9 Å². The number of aromatic amines is 1. The summed E-state index contributed by atoms with van der Waals surface area (Å²) in [6.07, 6.45) is 5.24. The summed E-state index contributed by atoms with van der Waals surface area (Å²) in [5.74, 6) is 1.25. The van der Waals surface area contributed by atoms with Gasteiger partial charge in [-0.2, -0.15) is 5.10 Å². The molecule has 25 heavy (non-hydrogen) atoms. The Labute approximate surface area is 146 Å². The number of rotatable bonds is 3. The van der Waals surface area contributed by atoms with Crippen LogP contribution in [0.5, 0.6) is 0 Å². The predicted molar refractivity (Wildman–Crippen MR) is 97.7 cm³/mol. The molecule has 4 aromatic rings. The zero-order chi connectivity index (χ0) is 17.2. The lowest BCUT2D eigenvalue weighted by molar-refractivity contribution is 1.06. The van der Waals surface area contributed by atoms with Crippen molar-refractivity contribution in [1.29, 1.82) is 0 Å². The van der Waals surface area contributed by atoms with Crippen molar-refractivity contribution >= 4 is 0 Å². The number of aryl methyl sites for hydroxylation is 2. The second-order valence-corrected chi connectivity index (χ2v) is 5.81. The Morgan fingerprint density at radius 3 is 2.64 bits per heavy atom. The highest BCUT2D eigenvalue weighted by atomic mass is 15.2. The number of benzene rings is 1. The van der Waals surface area contributed by atoms with E-state index in [4.69, 9.17) is 4.98 Å². The van der Waals surface area contributed by atoms with Crippen LogP contribution in [0, 0.1) is 13.8 Å². The van der Waals surface area contributed by atoms with E-state index in [-0.39, 0.29) is 1.43 Å². The van der Waals surface area contributed by atoms with Gasteiger partial charge in [0.1, 0.15) is 5.69 Å². The summed E-state index contributed by atoms with van der Waals surface area (Å²) in [6, 6.07) is 11.9. The van der Waals surface area contributed by atoms with Crippen molar-refractivity contribution in [2.75, 3.05) is 0 Å². The van der Waals surface area contributed by atoms with Crippen LogP contribution in [0.15, 0.2) is 55.0 Å². The third-order valence-electron chi connectivity index (χ3n) is 3.90. The van der Waals surface area contributed by atoms with E-state index in [1.165, 1.54) is 5.56 Å². The average molecular weight is 330 g/mol. The molecular weight excluding hydrogens is 312 g/mol. The normalized spacial score (nSPS) is 10.8. The van der Waals surface area contributed by atoms with Gasteiger partial charge >= 0.3 is 0 Å². The fourth-order valence-corrected chi connectivity index (χ4v) is 2.61. The third kappa shape index (κ3) is 3.01. The van der Waals surface area contributed by atoms with Crippen LogP contribution in [0.4, 0.5) is 0 Å². The summed E-state index contributed by atoms with van der Waals surface area (Å²) >= 11 is 0. The molecule has 0 spiro atoms. The fourth-order valence-electron chi connectivity index (χ4n) is 2.61. The lowest BCUT2D eigenvalue weighted by Gasteiger charge is -2.04. The smallest absolute Gasteiger partial charge is 0.181 e. The molecule has 0 radical (unpaired) electrons. The van der Waals surface area contributed by atoms with Crippen molar-refractivity contribution in [2.45, 2.75) is 13.8 Å². The molecule has 4 rings (SSSR count). The molecule has 0 saturated heterocycles. The van der Waals surface area contributed by atoms with Gasteiger partial charge in [-0.05, 0) is 32.0 Å². The number of aromatic nitrogens is 6. The van der Waals surface area contributed by atoms with Crippen molar-refractivity contribution in [3.8, 4) is 34.2 Å². The minimum atomic E-state index is 0. The molecule has 0 aliphatic rings. The van der Waals surface area contributed by atoms with Crippen molar-refractivity contribution in [3.05, 3.63) is 66.2 Å². The Morgan fingerprint density at radius 1 is 0.960 bits per heavy atom. The topological polar surface area (TPSA) is 80.2 Å². The van der Waals surface area contributed by atoms with Gasteiger partial charge in [0.15, 0.2) is 11.6 Å². The molecule has 0 fully saturated rings. The molecule has 3 aromatic heterocycles. The minimum absolute atomic E-state index is 0. The second kappa shape index (κ2) is 6.24. The highest BCUT2D eigenvalue weighted by Crippen LogP contribution is 2.23. The maximum Gasteiger partial charge on any atom is 0.181 e. The monoisotopic (exact) mass is 330 g/mol. The van der Waals surface area contributed by atoms with Gasteiger partial charge in [-0.25, -0.2) is 9.97 Å². The van der Waals surface area contributed by atoms with Crippen LogP contribution in [0.1, 0.15) is 12.7 Å². The van der Waals surface area contributed by atoms with Crippen LogP contribution in [0.2, 0.25) is 0 Å². The quantitative estimate of drug-likeness (QED) is 0.617. The molecule has 3 heterocycles. The predicted octanol–water partition coefficient (Wildman–Crippen LogP) is 3.85. The zero-order valence-electron chi connectivity index (χ0n) is 13.9. The highest BCUT2D eigenvalue weighted by molar-refractivity contribution is 5.64. The summed E-state index contributed by atoms with van der Waals surface area (Å²) < 4.78 is 0. The molecule has 1 aromatic carbocycles. The molecule has 0 unspecified atom stereocenters. The van der Waals surface area contributed by atoms with Gasteiger partial charge < -0.3 is 0 Å². The van der Waals surface area contributed by atoms with Crippen LogP contribution >= 0.6 is 0 Å². The van der Waals surface area contributed by atoms with E-state index in [0.29, 0.717) is 17.3 Å². The molecule has 6 heteroatoms. The van der Waals surface area contributed by atoms with Crippen molar-refractivity contribution in [2.24, 2.45) is 0 Å². The Morgan fingerprint density at radius 2 is 1.84 bits per heavy atom. The van der Waals surface area contributed by atoms with Crippen LogP contribution in [-0.2, 0) is 0 Å². The van der Waals surface area contributed by atoms with Gasteiger partial charge in [-0.3, -0.25) is 15.1 Å². The first-order chi connectivity index (χ1) is 12.2. The number of nitrogens with one attached hydrogen (secondary N) is 1. The summed E-state index contributed by atoms with van der Waals surface area (Å²) in [4.78, 5) is 17.9. The van der Waals surface area contributed by atoms with E-state index in [9.17, 15) is 0 Å². The maximum absolute atomic E-state index is 4.70. The maximum atomic E-state index is 4.70. The molecule has 0 aliphatic heterocycles. The summed E-state index contributed by atoms with van der Waals surface area (Å²) in [6.45, 7) is 3.95. The van der Waals surface area contributed by atoms with E-state index in [1.807, 2.05) is 44.2 Å². The molecule has 1 N–H and O–H groups in total. The lowest BCUT2D eigenvalue weighted by atomic mass is 10.1. The van der Waals surface area contributed by atoms with E-state index in [0.717, 1.165) is 22.5 Å². The van der Waals surface area contributed by atoms with E-state index >= 15 is 0 Å². The molecule has 0 amide bonds. The van der Waals surface area contributed by atoms with Crippen molar-refractivity contribution < 1.29 is 1.43 Å². The first-order valence-electron chi connectivity index (χ1n) is 7.94. The molecule has 0 atom stereocenters. The largest absolute Gasteiger partial charge is 0.264 e. The SMILES string of the molecule is Cc1cccc(-c2n[nH]c(-c3nc(-c4cccnc4)cnc3C)n2)c1.[HH]. The third-order valence-corrected chi connectivity index (χ3v) is 3.90.